The van der Waals surface area contributed by atoms with Crippen molar-refractivity contribution in [3.05, 3.63) is 53.6 Å². The van der Waals surface area contributed by atoms with Crippen LogP contribution in [0.5, 0.6) is 11.5 Å². The Morgan fingerprint density at radius 2 is 2.05 bits per heavy atom. The number of nitrogens with zero attached hydrogens (tertiary/aromatic N) is 1. The summed E-state index contributed by atoms with van der Waals surface area (Å²) in [4.78, 5) is 0. The van der Waals surface area contributed by atoms with E-state index in [1.165, 1.54) is 0 Å². The summed E-state index contributed by atoms with van der Waals surface area (Å²) in [5.41, 5.74) is 3.18. The summed E-state index contributed by atoms with van der Waals surface area (Å²) in [5, 5.41) is 11.9. The predicted molar refractivity (Wildman–Crippen MR) is 82.6 cm³/mol. The van der Waals surface area contributed by atoms with Gasteiger partial charge >= 0.3 is 0 Å². The van der Waals surface area contributed by atoms with Crippen LogP contribution < -0.4 is 14.8 Å². The van der Waals surface area contributed by atoms with Gasteiger partial charge in [-0.25, -0.2) is 0 Å². The molecule has 0 aliphatic carbocycles. The second-order valence-electron chi connectivity index (χ2n) is 4.65. The van der Waals surface area contributed by atoms with Crippen molar-refractivity contribution >= 4 is 5.69 Å². The highest BCUT2D eigenvalue weighted by Crippen LogP contribution is 2.26. The maximum Gasteiger partial charge on any atom is 0.174 e. The third-order valence-corrected chi connectivity index (χ3v) is 3.04. The lowest BCUT2D eigenvalue weighted by atomic mass is 10.2. The van der Waals surface area contributed by atoms with Gasteiger partial charge in [-0.1, -0.05) is 18.2 Å². The molecule has 0 atom stereocenters. The van der Waals surface area contributed by atoms with Crippen molar-refractivity contribution in [1.82, 2.24) is 0 Å². The topological polar surface area (TPSA) is 54.3 Å². The molecule has 0 unspecified atom stereocenters. The van der Waals surface area contributed by atoms with Gasteiger partial charge in [0.15, 0.2) is 6.61 Å². The Balaban J connectivity index is 2.04. The van der Waals surface area contributed by atoms with E-state index < -0.39 is 0 Å². The minimum absolute atomic E-state index is 0.0582. The van der Waals surface area contributed by atoms with Crippen molar-refractivity contribution in [1.29, 1.82) is 5.26 Å². The number of nitriles is 1. The van der Waals surface area contributed by atoms with E-state index in [2.05, 4.69) is 5.32 Å². The van der Waals surface area contributed by atoms with Gasteiger partial charge in [-0.15, -0.1) is 0 Å². The number of hydrogen-bond acceptors (Lipinski definition) is 4. The van der Waals surface area contributed by atoms with E-state index in [-0.39, 0.29) is 6.61 Å². The summed E-state index contributed by atoms with van der Waals surface area (Å²) in [5.74, 6) is 1.53. The predicted octanol–water partition coefficient (Wildman–Crippen LogP) is 3.52. The lowest BCUT2D eigenvalue weighted by Crippen LogP contribution is -2.02. The van der Waals surface area contributed by atoms with Crippen LogP contribution >= 0.6 is 0 Å². The quantitative estimate of drug-likeness (QED) is 0.880. The van der Waals surface area contributed by atoms with Crippen molar-refractivity contribution in [2.24, 2.45) is 0 Å². The van der Waals surface area contributed by atoms with Crippen LogP contribution in [0, 0.1) is 18.3 Å². The van der Waals surface area contributed by atoms with Gasteiger partial charge in [0.05, 0.1) is 12.8 Å². The first-order valence-corrected chi connectivity index (χ1v) is 6.70. The van der Waals surface area contributed by atoms with Crippen LogP contribution in [0.3, 0.4) is 0 Å². The molecular weight excluding hydrogens is 264 g/mol. The van der Waals surface area contributed by atoms with Crippen LogP contribution in [-0.4, -0.2) is 13.7 Å². The molecule has 0 aliphatic heterocycles. The summed E-state index contributed by atoms with van der Waals surface area (Å²) in [7, 11) is 1.66. The Morgan fingerprint density at radius 3 is 2.81 bits per heavy atom. The second kappa shape index (κ2) is 7.20. The molecule has 0 amide bonds. The Morgan fingerprint density at radius 1 is 1.19 bits per heavy atom. The van der Waals surface area contributed by atoms with Gasteiger partial charge < -0.3 is 14.8 Å². The third-order valence-electron chi connectivity index (χ3n) is 3.04. The number of anilines is 1. The maximum absolute atomic E-state index is 8.53. The van der Waals surface area contributed by atoms with Crippen molar-refractivity contribution in [2.75, 3.05) is 19.0 Å². The first-order chi connectivity index (χ1) is 10.2. The number of methoxy groups -OCH3 is 1. The van der Waals surface area contributed by atoms with Crippen molar-refractivity contribution in [2.45, 2.75) is 13.5 Å². The van der Waals surface area contributed by atoms with Crippen LogP contribution in [-0.2, 0) is 6.54 Å². The highest BCUT2D eigenvalue weighted by molar-refractivity contribution is 5.57. The Kier molecular flexibility index (Phi) is 5.05. The van der Waals surface area contributed by atoms with E-state index in [0.717, 1.165) is 22.6 Å². The van der Waals surface area contributed by atoms with E-state index in [9.17, 15) is 0 Å². The molecule has 2 aromatic carbocycles. The van der Waals surface area contributed by atoms with Gasteiger partial charge in [0.2, 0.25) is 0 Å². The molecular formula is C17H18N2O2. The van der Waals surface area contributed by atoms with E-state index >= 15 is 0 Å². The van der Waals surface area contributed by atoms with Gasteiger partial charge in [-0.05, 0) is 42.3 Å². The smallest absolute Gasteiger partial charge is 0.174 e. The number of rotatable bonds is 6. The SMILES string of the molecule is COc1cc(C)ccc1NCc1cccc(OCC#N)c1. The van der Waals surface area contributed by atoms with Gasteiger partial charge in [-0.3, -0.25) is 0 Å². The normalized spacial score (nSPS) is 9.76. The van der Waals surface area contributed by atoms with Crippen LogP contribution in [0.2, 0.25) is 0 Å². The highest BCUT2D eigenvalue weighted by atomic mass is 16.5. The maximum atomic E-state index is 8.53. The molecule has 1 N–H and O–H groups in total. The molecule has 0 bridgehead atoms. The zero-order chi connectivity index (χ0) is 15.1. The Bertz CT molecular complexity index is 647. The third kappa shape index (κ3) is 4.15. The van der Waals surface area contributed by atoms with Gasteiger partial charge in [0.1, 0.15) is 17.6 Å². The average Bonchev–Trinajstić information content (AvgIpc) is 2.52. The fraction of sp³-hybridized carbons (Fsp3) is 0.235. The molecule has 21 heavy (non-hydrogen) atoms. The average molecular weight is 282 g/mol. The van der Waals surface area contributed by atoms with E-state index in [0.29, 0.717) is 12.3 Å². The van der Waals surface area contributed by atoms with Crippen molar-refractivity contribution in [3.63, 3.8) is 0 Å². The van der Waals surface area contributed by atoms with Crippen molar-refractivity contribution in [3.8, 4) is 17.6 Å². The number of aryl methyl sites for hydroxylation is 1. The minimum atomic E-state index is 0.0582. The summed E-state index contributed by atoms with van der Waals surface area (Å²) < 4.78 is 10.7. The number of hydrogen-bond donors (Lipinski definition) is 1. The van der Waals surface area contributed by atoms with E-state index in [1.54, 1.807) is 7.11 Å². The molecule has 0 aromatic heterocycles. The Hall–Kier alpha value is -2.67. The van der Waals surface area contributed by atoms with Gasteiger partial charge in [-0.2, -0.15) is 5.26 Å². The molecule has 0 saturated carbocycles. The molecule has 0 fully saturated rings. The van der Waals surface area contributed by atoms with E-state index in [4.69, 9.17) is 14.7 Å². The Labute approximate surface area is 124 Å². The molecule has 2 rings (SSSR count). The monoisotopic (exact) mass is 282 g/mol. The molecule has 0 radical (unpaired) electrons. The van der Waals surface area contributed by atoms with Crippen LogP contribution in [0.4, 0.5) is 5.69 Å². The molecule has 0 heterocycles. The summed E-state index contributed by atoms with van der Waals surface area (Å²) >= 11 is 0. The number of benzene rings is 2. The summed E-state index contributed by atoms with van der Waals surface area (Å²) in [6.07, 6.45) is 0. The molecule has 2 aromatic rings. The van der Waals surface area contributed by atoms with Crippen LogP contribution in [0.15, 0.2) is 42.5 Å². The highest BCUT2D eigenvalue weighted by Gasteiger charge is 2.03. The molecule has 0 spiro atoms. The summed E-state index contributed by atoms with van der Waals surface area (Å²) in [6.45, 7) is 2.74. The lowest BCUT2D eigenvalue weighted by Gasteiger charge is -2.12. The minimum Gasteiger partial charge on any atom is -0.495 e. The first-order valence-electron chi connectivity index (χ1n) is 6.70. The first kappa shape index (κ1) is 14.7. The standard InChI is InChI=1S/C17H18N2O2/c1-13-6-7-16(17(10-13)20-2)19-12-14-4-3-5-15(11-14)21-9-8-18/h3-7,10-11,19H,9,12H2,1-2H3. The van der Waals surface area contributed by atoms with Gasteiger partial charge in [0.25, 0.3) is 0 Å². The van der Waals surface area contributed by atoms with Crippen molar-refractivity contribution < 1.29 is 9.47 Å². The molecule has 4 nitrogen and oxygen atoms in total. The zero-order valence-corrected chi connectivity index (χ0v) is 12.2. The molecule has 0 saturated heterocycles. The van der Waals surface area contributed by atoms with Crippen LogP contribution in [0.25, 0.3) is 0 Å². The molecule has 108 valence electrons. The fourth-order valence-electron chi connectivity index (χ4n) is 2.00. The zero-order valence-electron chi connectivity index (χ0n) is 12.2. The van der Waals surface area contributed by atoms with Crippen LogP contribution in [0.1, 0.15) is 11.1 Å². The molecule has 4 heteroatoms. The fourth-order valence-corrected chi connectivity index (χ4v) is 2.00. The summed E-state index contributed by atoms with van der Waals surface area (Å²) in [6, 6.07) is 15.7. The molecule has 0 aliphatic rings. The largest absolute Gasteiger partial charge is 0.495 e. The second-order valence-corrected chi connectivity index (χ2v) is 4.65. The van der Waals surface area contributed by atoms with Gasteiger partial charge in [0, 0.05) is 6.54 Å². The van der Waals surface area contributed by atoms with E-state index in [1.807, 2.05) is 55.5 Å². The lowest BCUT2D eigenvalue weighted by molar-refractivity contribution is 0.368. The number of ether oxygens (including phenoxy) is 2. The number of nitrogens with one attached hydrogen (secondary N) is 1.